The number of nitrogens with zero attached hydrogens (tertiary/aromatic N) is 3. The molecule has 0 bridgehead atoms. The second-order valence-corrected chi connectivity index (χ2v) is 4.09. The lowest BCUT2D eigenvalue weighted by Gasteiger charge is -2.13. The van der Waals surface area contributed by atoms with Crippen molar-refractivity contribution in [2.45, 2.75) is 39.0 Å². The molecule has 0 saturated heterocycles. The van der Waals surface area contributed by atoms with Crippen LogP contribution in [0.25, 0.3) is 5.52 Å². The van der Waals surface area contributed by atoms with Crippen molar-refractivity contribution >= 4 is 11.3 Å². The summed E-state index contributed by atoms with van der Waals surface area (Å²) in [7, 11) is 0. The number of rotatable bonds is 4. The third-order valence-corrected chi connectivity index (χ3v) is 3.06. The Hall–Kier alpha value is -1.58. The smallest absolute Gasteiger partial charge is 0.151 e. The molecule has 0 aliphatic heterocycles. The molecule has 16 heavy (non-hydrogen) atoms. The normalized spacial score (nSPS) is 13.1. The van der Waals surface area contributed by atoms with Crippen molar-refractivity contribution in [1.29, 1.82) is 0 Å². The topological polar surface area (TPSA) is 56.2 Å². The van der Waals surface area contributed by atoms with Gasteiger partial charge in [-0.05, 0) is 25.0 Å². The zero-order valence-corrected chi connectivity index (χ0v) is 9.85. The van der Waals surface area contributed by atoms with E-state index in [1.807, 2.05) is 10.6 Å². The van der Waals surface area contributed by atoms with Gasteiger partial charge < -0.3 is 5.73 Å². The van der Waals surface area contributed by atoms with E-state index in [-0.39, 0.29) is 0 Å². The zero-order chi connectivity index (χ0) is 11.5. The fourth-order valence-electron chi connectivity index (χ4n) is 2.19. The van der Waals surface area contributed by atoms with E-state index in [1.54, 1.807) is 0 Å². The molecule has 86 valence electrons. The van der Waals surface area contributed by atoms with Crippen LogP contribution in [-0.2, 0) is 0 Å². The quantitative estimate of drug-likeness (QED) is 0.858. The fourth-order valence-corrected chi connectivity index (χ4v) is 2.19. The molecule has 0 aliphatic rings. The second-order valence-electron chi connectivity index (χ2n) is 4.09. The first-order valence-electron chi connectivity index (χ1n) is 5.86. The van der Waals surface area contributed by atoms with Crippen molar-refractivity contribution in [2.75, 3.05) is 5.73 Å². The van der Waals surface area contributed by atoms with Crippen LogP contribution in [0.1, 0.15) is 44.7 Å². The molecule has 0 fully saturated rings. The average Bonchev–Trinajstić information content (AvgIpc) is 2.71. The van der Waals surface area contributed by atoms with Gasteiger partial charge in [0.15, 0.2) is 5.82 Å². The number of nitrogens with two attached hydrogens (primary N) is 1. The second kappa shape index (κ2) is 4.51. The van der Waals surface area contributed by atoms with Gasteiger partial charge >= 0.3 is 0 Å². The fraction of sp³-hybridized carbons (Fsp3) is 0.500. The Kier molecular flexibility index (Phi) is 3.08. The molecule has 1 atom stereocenters. The minimum atomic E-state index is 0.549. The van der Waals surface area contributed by atoms with Crippen molar-refractivity contribution in [2.24, 2.45) is 0 Å². The lowest BCUT2D eigenvalue weighted by atomic mass is 9.97. The average molecular weight is 218 g/mol. The summed E-state index contributed by atoms with van der Waals surface area (Å²) in [5, 5.41) is 4.28. The van der Waals surface area contributed by atoms with Crippen LogP contribution in [0.4, 0.5) is 5.82 Å². The molecule has 0 amide bonds. The third-order valence-electron chi connectivity index (χ3n) is 3.06. The van der Waals surface area contributed by atoms with Gasteiger partial charge in [-0.15, -0.1) is 0 Å². The molecule has 1 unspecified atom stereocenters. The van der Waals surface area contributed by atoms with E-state index in [2.05, 4.69) is 30.0 Å². The van der Waals surface area contributed by atoms with E-state index < -0.39 is 0 Å². The summed E-state index contributed by atoms with van der Waals surface area (Å²) in [5.74, 6) is 1.11. The number of hydrogen-bond acceptors (Lipinski definition) is 3. The molecule has 2 heterocycles. The first kappa shape index (κ1) is 10.9. The Morgan fingerprint density at radius 3 is 2.88 bits per heavy atom. The minimum Gasteiger partial charge on any atom is -0.382 e. The monoisotopic (exact) mass is 218 g/mol. The maximum absolute atomic E-state index is 5.81. The van der Waals surface area contributed by atoms with Crippen molar-refractivity contribution in [3.63, 3.8) is 0 Å². The predicted molar refractivity (Wildman–Crippen MR) is 65.3 cm³/mol. The van der Waals surface area contributed by atoms with Crippen molar-refractivity contribution in [3.8, 4) is 0 Å². The maximum atomic E-state index is 5.81. The molecule has 0 radical (unpaired) electrons. The van der Waals surface area contributed by atoms with E-state index in [9.17, 15) is 0 Å². The maximum Gasteiger partial charge on any atom is 0.151 e. The molecular formula is C12H18N4. The molecule has 0 aromatic carbocycles. The van der Waals surface area contributed by atoms with Gasteiger partial charge in [0.1, 0.15) is 11.8 Å². The molecule has 2 rings (SSSR count). The SMILES string of the molecule is CCCC(CC)c1ccc2c(N)ncnn12. The number of anilines is 1. The van der Waals surface area contributed by atoms with Gasteiger partial charge in [0, 0.05) is 11.6 Å². The molecule has 4 nitrogen and oxygen atoms in total. The summed E-state index contributed by atoms with van der Waals surface area (Å²) in [4.78, 5) is 4.00. The number of fused-ring (bicyclic) bond motifs is 1. The molecular weight excluding hydrogens is 200 g/mol. The minimum absolute atomic E-state index is 0.549. The molecule has 0 spiro atoms. The summed E-state index contributed by atoms with van der Waals surface area (Å²) >= 11 is 0. The van der Waals surface area contributed by atoms with E-state index in [4.69, 9.17) is 5.73 Å². The molecule has 2 aromatic heterocycles. The first-order chi connectivity index (χ1) is 7.77. The molecule has 0 aliphatic carbocycles. The summed E-state index contributed by atoms with van der Waals surface area (Å²) < 4.78 is 1.92. The molecule has 4 heteroatoms. The van der Waals surface area contributed by atoms with Gasteiger partial charge in [-0.3, -0.25) is 0 Å². The number of hydrogen-bond donors (Lipinski definition) is 1. The van der Waals surface area contributed by atoms with Crippen LogP contribution in [0.3, 0.4) is 0 Å². The van der Waals surface area contributed by atoms with Crippen LogP contribution in [0.2, 0.25) is 0 Å². The van der Waals surface area contributed by atoms with E-state index in [0.717, 1.165) is 11.9 Å². The van der Waals surface area contributed by atoms with Gasteiger partial charge in [0.05, 0.1) is 0 Å². The molecule has 2 N–H and O–H groups in total. The summed E-state index contributed by atoms with van der Waals surface area (Å²) in [6, 6.07) is 4.12. The van der Waals surface area contributed by atoms with Crippen LogP contribution in [0, 0.1) is 0 Å². The summed E-state index contributed by atoms with van der Waals surface area (Å²) in [6.07, 6.45) is 5.02. The highest BCUT2D eigenvalue weighted by Crippen LogP contribution is 2.26. The lowest BCUT2D eigenvalue weighted by molar-refractivity contribution is 0.567. The van der Waals surface area contributed by atoms with Crippen LogP contribution in [0.5, 0.6) is 0 Å². The van der Waals surface area contributed by atoms with E-state index in [0.29, 0.717) is 11.7 Å². The number of nitrogen functional groups attached to an aromatic ring is 1. The van der Waals surface area contributed by atoms with Crippen LogP contribution < -0.4 is 5.73 Å². The van der Waals surface area contributed by atoms with Gasteiger partial charge in [-0.1, -0.05) is 20.3 Å². The third kappa shape index (κ3) is 1.75. The Bertz CT molecular complexity index is 475. The highest BCUT2D eigenvalue weighted by molar-refractivity contribution is 5.65. The highest BCUT2D eigenvalue weighted by atomic mass is 15.3. The van der Waals surface area contributed by atoms with Gasteiger partial charge in [-0.2, -0.15) is 5.10 Å². The van der Waals surface area contributed by atoms with Crippen molar-refractivity contribution in [1.82, 2.24) is 14.6 Å². The van der Waals surface area contributed by atoms with Crippen molar-refractivity contribution < 1.29 is 0 Å². The largest absolute Gasteiger partial charge is 0.382 e. The van der Waals surface area contributed by atoms with Crippen LogP contribution in [-0.4, -0.2) is 14.6 Å². The predicted octanol–water partition coefficient (Wildman–Crippen LogP) is 2.61. The molecule has 0 saturated carbocycles. The summed E-state index contributed by atoms with van der Waals surface area (Å²) in [5.41, 5.74) is 7.97. The van der Waals surface area contributed by atoms with Gasteiger partial charge in [-0.25, -0.2) is 9.50 Å². The van der Waals surface area contributed by atoms with Gasteiger partial charge in [0.2, 0.25) is 0 Å². The Morgan fingerprint density at radius 2 is 2.19 bits per heavy atom. The van der Waals surface area contributed by atoms with Crippen LogP contribution >= 0.6 is 0 Å². The molecule has 2 aromatic rings. The Balaban J connectivity index is 2.48. The van der Waals surface area contributed by atoms with Gasteiger partial charge in [0.25, 0.3) is 0 Å². The van der Waals surface area contributed by atoms with E-state index >= 15 is 0 Å². The van der Waals surface area contributed by atoms with Crippen LogP contribution in [0.15, 0.2) is 18.5 Å². The van der Waals surface area contributed by atoms with E-state index in [1.165, 1.54) is 24.9 Å². The first-order valence-corrected chi connectivity index (χ1v) is 5.86. The zero-order valence-electron chi connectivity index (χ0n) is 9.85. The number of aromatic nitrogens is 3. The van der Waals surface area contributed by atoms with Crippen molar-refractivity contribution in [3.05, 3.63) is 24.2 Å². The Morgan fingerprint density at radius 1 is 1.38 bits per heavy atom. The Labute approximate surface area is 95.5 Å². The summed E-state index contributed by atoms with van der Waals surface area (Å²) in [6.45, 7) is 4.42. The standard InChI is InChI=1S/C12H18N4/c1-3-5-9(4-2)10-6-7-11-12(13)14-8-15-16(10)11/h6-9H,3-5H2,1-2H3,(H2,13,14,15). The highest BCUT2D eigenvalue weighted by Gasteiger charge is 2.14. The lowest BCUT2D eigenvalue weighted by Crippen LogP contribution is -2.06.